The summed E-state index contributed by atoms with van der Waals surface area (Å²) in [6, 6.07) is 3.15. The van der Waals surface area contributed by atoms with Crippen molar-refractivity contribution in [1.29, 1.82) is 0 Å². The maximum atomic E-state index is 13.6. The smallest absolute Gasteiger partial charge is 0.257 e. The summed E-state index contributed by atoms with van der Waals surface area (Å²) in [5, 5.41) is 14.3. The van der Waals surface area contributed by atoms with E-state index in [1.807, 2.05) is 4.68 Å². The Morgan fingerprint density at radius 1 is 1.24 bits per heavy atom. The second kappa shape index (κ2) is 6.22. The number of hydrogen-bond donors (Lipinski definition) is 1. The van der Waals surface area contributed by atoms with E-state index in [0.29, 0.717) is 17.5 Å². The summed E-state index contributed by atoms with van der Waals surface area (Å²) in [6.45, 7) is 0.977. The minimum absolute atomic E-state index is 0.174. The lowest BCUT2D eigenvalue weighted by Gasteiger charge is -2.25. The van der Waals surface area contributed by atoms with Crippen molar-refractivity contribution in [1.82, 2.24) is 14.7 Å². The van der Waals surface area contributed by atoms with Crippen molar-refractivity contribution in [2.24, 2.45) is 0 Å². The molecule has 1 amide bonds. The molecule has 0 unspecified atom stereocenters. The van der Waals surface area contributed by atoms with Crippen LogP contribution >= 0.6 is 0 Å². The fourth-order valence-electron chi connectivity index (χ4n) is 3.83. The molecule has 0 aliphatic carbocycles. The molecule has 1 N–H and O–H groups in total. The van der Waals surface area contributed by atoms with Gasteiger partial charge in [0.25, 0.3) is 5.91 Å². The zero-order valence-electron chi connectivity index (χ0n) is 13.7. The van der Waals surface area contributed by atoms with Crippen LogP contribution in [0.5, 0.6) is 0 Å². The molecule has 0 spiro atoms. The second-order valence-corrected chi connectivity index (χ2v) is 6.72. The lowest BCUT2D eigenvalue weighted by Crippen LogP contribution is -2.32. The number of benzene rings is 1. The van der Waals surface area contributed by atoms with Crippen LogP contribution in [0.4, 0.5) is 8.78 Å². The lowest BCUT2D eigenvalue weighted by molar-refractivity contribution is 0.0714. The van der Waals surface area contributed by atoms with Crippen molar-refractivity contribution in [3.05, 3.63) is 52.9 Å². The number of halogens is 2. The Morgan fingerprint density at radius 3 is 2.88 bits per heavy atom. The first-order chi connectivity index (χ1) is 12.0. The van der Waals surface area contributed by atoms with Crippen molar-refractivity contribution in [2.45, 2.75) is 44.4 Å². The van der Waals surface area contributed by atoms with E-state index in [0.717, 1.165) is 43.6 Å². The zero-order chi connectivity index (χ0) is 17.6. The molecule has 25 heavy (non-hydrogen) atoms. The average molecular weight is 347 g/mol. The molecule has 1 aromatic heterocycles. The van der Waals surface area contributed by atoms with Crippen LogP contribution in [0.2, 0.25) is 0 Å². The first-order valence-corrected chi connectivity index (χ1v) is 8.53. The van der Waals surface area contributed by atoms with E-state index in [1.54, 1.807) is 11.1 Å². The molecular weight excluding hydrogens is 328 g/mol. The number of carbonyl (C=O) groups is 1. The fraction of sp³-hybridized carbons (Fsp3) is 0.444. The summed E-state index contributed by atoms with van der Waals surface area (Å²) in [6.07, 6.45) is 4.06. The molecule has 1 fully saturated rings. The number of aliphatic hydroxyl groups is 1. The molecule has 4 rings (SSSR count). The Hall–Kier alpha value is -2.28. The van der Waals surface area contributed by atoms with Gasteiger partial charge in [0, 0.05) is 13.1 Å². The van der Waals surface area contributed by atoms with Gasteiger partial charge in [-0.1, -0.05) is 6.07 Å². The monoisotopic (exact) mass is 347 g/mol. The topological polar surface area (TPSA) is 58.4 Å². The van der Waals surface area contributed by atoms with Gasteiger partial charge in [-0.25, -0.2) is 8.78 Å². The highest BCUT2D eigenvalue weighted by Gasteiger charge is 2.37. The average Bonchev–Trinajstić information content (AvgIpc) is 3.20. The molecule has 7 heteroatoms. The summed E-state index contributed by atoms with van der Waals surface area (Å²) in [7, 11) is 0. The van der Waals surface area contributed by atoms with Crippen LogP contribution in [-0.2, 0) is 13.0 Å². The molecule has 1 saturated heterocycles. The van der Waals surface area contributed by atoms with Gasteiger partial charge in [-0.3, -0.25) is 9.48 Å². The van der Waals surface area contributed by atoms with Gasteiger partial charge >= 0.3 is 0 Å². The second-order valence-electron chi connectivity index (χ2n) is 6.72. The van der Waals surface area contributed by atoms with Crippen molar-refractivity contribution in [3.8, 4) is 0 Å². The number of fused-ring (bicyclic) bond motifs is 1. The Labute approximate surface area is 143 Å². The predicted octanol–water partition coefficient (Wildman–Crippen LogP) is 2.45. The highest BCUT2D eigenvalue weighted by molar-refractivity contribution is 5.95. The SMILES string of the molecule is O=C(c1cnn2c1CCCC2)N1C[C@H](O)C[C@H]1c1ccc(F)c(F)c1. The van der Waals surface area contributed by atoms with E-state index >= 15 is 0 Å². The molecule has 2 aliphatic heterocycles. The van der Waals surface area contributed by atoms with Gasteiger partial charge in [-0.15, -0.1) is 0 Å². The van der Waals surface area contributed by atoms with E-state index < -0.39 is 23.8 Å². The third-order valence-electron chi connectivity index (χ3n) is 5.08. The van der Waals surface area contributed by atoms with Crippen LogP contribution in [0, 0.1) is 11.6 Å². The number of β-amino-alcohol motifs (C(OH)–C–C–N with tert-alkyl or cyclic N) is 1. The minimum atomic E-state index is -0.950. The standard InChI is InChI=1S/C18H19F2N3O2/c19-14-5-4-11(7-15(14)20)17-8-12(24)10-22(17)18(25)13-9-21-23-6-2-1-3-16(13)23/h4-5,7,9,12,17,24H,1-3,6,8,10H2/t12-,17+/m1/s1. The number of likely N-dealkylation sites (tertiary alicyclic amines) is 1. The van der Waals surface area contributed by atoms with Gasteiger partial charge < -0.3 is 10.0 Å². The number of hydrogen-bond acceptors (Lipinski definition) is 3. The molecule has 1 aromatic carbocycles. The third kappa shape index (κ3) is 2.82. The maximum Gasteiger partial charge on any atom is 0.257 e. The largest absolute Gasteiger partial charge is 0.391 e. The normalized spacial score (nSPS) is 22.9. The molecule has 0 radical (unpaired) electrons. The number of aromatic nitrogens is 2. The summed E-state index contributed by atoms with van der Waals surface area (Å²) in [5.41, 5.74) is 1.95. The van der Waals surface area contributed by atoms with Gasteiger partial charge in [0.1, 0.15) is 0 Å². The molecule has 3 heterocycles. The lowest BCUT2D eigenvalue weighted by atomic mass is 10.0. The summed E-state index contributed by atoms with van der Waals surface area (Å²) in [4.78, 5) is 14.6. The van der Waals surface area contributed by atoms with E-state index in [2.05, 4.69) is 5.10 Å². The summed E-state index contributed by atoms with van der Waals surface area (Å²) in [5.74, 6) is -2.09. The number of rotatable bonds is 2. The zero-order valence-corrected chi connectivity index (χ0v) is 13.7. The number of aryl methyl sites for hydroxylation is 1. The Morgan fingerprint density at radius 2 is 2.08 bits per heavy atom. The Balaban J connectivity index is 1.66. The number of nitrogens with zero attached hydrogens (tertiary/aromatic N) is 3. The summed E-state index contributed by atoms with van der Waals surface area (Å²) < 4.78 is 28.7. The van der Waals surface area contributed by atoms with E-state index in [4.69, 9.17) is 0 Å². The molecule has 0 bridgehead atoms. The van der Waals surface area contributed by atoms with E-state index in [9.17, 15) is 18.7 Å². The maximum absolute atomic E-state index is 13.6. The van der Waals surface area contributed by atoms with E-state index in [-0.39, 0.29) is 12.5 Å². The molecule has 132 valence electrons. The highest BCUT2D eigenvalue weighted by Crippen LogP contribution is 2.34. The van der Waals surface area contributed by atoms with Gasteiger partial charge in [-0.2, -0.15) is 5.10 Å². The number of amides is 1. The minimum Gasteiger partial charge on any atom is -0.391 e. The van der Waals surface area contributed by atoms with Gasteiger partial charge in [0.15, 0.2) is 11.6 Å². The van der Waals surface area contributed by atoms with Crippen LogP contribution in [0.1, 0.15) is 46.9 Å². The van der Waals surface area contributed by atoms with Gasteiger partial charge in [0.05, 0.1) is 29.6 Å². The first-order valence-electron chi connectivity index (χ1n) is 8.53. The molecule has 5 nitrogen and oxygen atoms in total. The van der Waals surface area contributed by atoms with Crippen LogP contribution < -0.4 is 0 Å². The van der Waals surface area contributed by atoms with Crippen LogP contribution in [-0.4, -0.2) is 38.3 Å². The number of aliphatic hydroxyl groups excluding tert-OH is 1. The molecule has 2 aromatic rings. The first kappa shape index (κ1) is 16.2. The number of carbonyl (C=O) groups excluding carboxylic acids is 1. The quantitative estimate of drug-likeness (QED) is 0.908. The van der Waals surface area contributed by atoms with Gasteiger partial charge in [0.2, 0.25) is 0 Å². The molecule has 2 atom stereocenters. The fourth-order valence-corrected chi connectivity index (χ4v) is 3.83. The predicted molar refractivity (Wildman–Crippen MR) is 85.9 cm³/mol. The molecule has 0 saturated carbocycles. The molecular formula is C18H19F2N3O2. The van der Waals surface area contributed by atoms with Gasteiger partial charge in [-0.05, 0) is 43.4 Å². The van der Waals surface area contributed by atoms with Crippen molar-refractivity contribution < 1.29 is 18.7 Å². The summed E-state index contributed by atoms with van der Waals surface area (Å²) >= 11 is 0. The Bertz CT molecular complexity index is 821. The highest BCUT2D eigenvalue weighted by atomic mass is 19.2. The van der Waals surface area contributed by atoms with Crippen molar-refractivity contribution in [2.75, 3.05) is 6.54 Å². The van der Waals surface area contributed by atoms with Crippen molar-refractivity contribution >= 4 is 5.91 Å². The Kier molecular flexibility index (Phi) is 4.03. The van der Waals surface area contributed by atoms with Crippen LogP contribution in [0.3, 0.4) is 0 Å². The van der Waals surface area contributed by atoms with Crippen LogP contribution in [0.15, 0.2) is 24.4 Å². The van der Waals surface area contributed by atoms with Crippen molar-refractivity contribution in [3.63, 3.8) is 0 Å². The third-order valence-corrected chi connectivity index (χ3v) is 5.08. The van der Waals surface area contributed by atoms with Crippen LogP contribution in [0.25, 0.3) is 0 Å². The van der Waals surface area contributed by atoms with E-state index in [1.165, 1.54) is 6.07 Å². The molecule has 2 aliphatic rings.